The van der Waals surface area contributed by atoms with Crippen LogP contribution in [0.3, 0.4) is 0 Å². The molecule has 10 nitrogen and oxygen atoms in total. The SMILES string of the molecule is CC[C@@H](C)[C@H](NC(=O)c1ccccc1NC(=O)c1ccco1)C(=O)NNC(=O)c1ccncc1. The molecular weight excluding hydrogens is 438 g/mol. The second kappa shape index (κ2) is 11.4. The van der Waals surface area contributed by atoms with Crippen molar-refractivity contribution in [3.05, 3.63) is 84.1 Å². The van der Waals surface area contributed by atoms with Gasteiger partial charge in [0.1, 0.15) is 6.04 Å². The largest absolute Gasteiger partial charge is 0.459 e. The van der Waals surface area contributed by atoms with Gasteiger partial charge in [0, 0.05) is 18.0 Å². The van der Waals surface area contributed by atoms with Crippen LogP contribution in [0.25, 0.3) is 0 Å². The van der Waals surface area contributed by atoms with Crippen molar-refractivity contribution in [3.8, 4) is 0 Å². The molecule has 0 saturated heterocycles. The number of aromatic nitrogens is 1. The molecule has 0 aliphatic carbocycles. The van der Waals surface area contributed by atoms with Crippen LogP contribution in [0.4, 0.5) is 5.69 Å². The summed E-state index contributed by atoms with van der Waals surface area (Å²) in [5.74, 6) is -2.32. The predicted octanol–water partition coefficient (Wildman–Crippen LogP) is 2.53. The lowest BCUT2D eigenvalue weighted by molar-refractivity contribution is -0.124. The summed E-state index contributed by atoms with van der Waals surface area (Å²) in [6.45, 7) is 3.68. The van der Waals surface area contributed by atoms with Crippen molar-refractivity contribution in [2.75, 3.05) is 5.32 Å². The summed E-state index contributed by atoms with van der Waals surface area (Å²) >= 11 is 0. The van der Waals surface area contributed by atoms with Gasteiger partial charge in [-0.15, -0.1) is 0 Å². The molecule has 0 saturated carbocycles. The van der Waals surface area contributed by atoms with Gasteiger partial charge in [0.2, 0.25) is 0 Å². The molecule has 0 spiro atoms. The van der Waals surface area contributed by atoms with Crippen molar-refractivity contribution in [2.24, 2.45) is 5.92 Å². The molecule has 3 aromatic rings. The summed E-state index contributed by atoms with van der Waals surface area (Å²) < 4.78 is 5.08. The van der Waals surface area contributed by atoms with Crippen LogP contribution in [0, 0.1) is 5.92 Å². The van der Waals surface area contributed by atoms with Gasteiger partial charge in [0.25, 0.3) is 23.6 Å². The van der Waals surface area contributed by atoms with E-state index in [2.05, 4.69) is 26.5 Å². The van der Waals surface area contributed by atoms with E-state index in [1.165, 1.54) is 42.9 Å². The second-order valence-corrected chi connectivity index (χ2v) is 7.49. The number of para-hydroxylation sites is 1. The van der Waals surface area contributed by atoms with Crippen LogP contribution in [0.1, 0.15) is 51.5 Å². The summed E-state index contributed by atoms with van der Waals surface area (Å²) in [7, 11) is 0. The molecule has 10 heteroatoms. The van der Waals surface area contributed by atoms with E-state index in [4.69, 9.17) is 4.42 Å². The smallest absolute Gasteiger partial charge is 0.291 e. The Morgan fingerprint density at radius 3 is 2.32 bits per heavy atom. The van der Waals surface area contributed by atoms with Crippen LogP contribution >= 0.6 is 0 Å². The normalized spacial score (nSPS) is 12.2. The number of carbonyl (C=O) groups is 4. The number of rotatable bonds is 8. The lowest BCUT2D eigenvalue weighted by atomic mass is 9.98. The topological polar surface area (TPSA) is 142 Å². The van der Waals surface area contributed by atoms with E-state index >= 15 is 0 Å². The highest BCUT2D eigenvalue weighted by Crippen LogP contribution is 2.18. The van der Waals surface area contributed by atoms with Crippen LogP contribution < -0.4 is 21.5 Å². The average Bonchev–Trinajstić information content (AvgIpc) is 3.41. The first-order valence-corrected chi connectivity index (χ1v) is 10.7. The van der Waals surface area contributed by atoms with E-state index in [0.717, 1.165) is 0 Å². The summed E-state index contributed by atoms with van der Waals surface area (Å²) in [6.07, 6.45) is 4.88. The summed E-state index contributed by atoms with van der Waals surface area (Å²) in [5, 5.41) is 5.35. The lowest BCUT2D eigenvalue weighted by Crippen LogP contribution is -2.54. The number of benzene rings is 1. The molecule has 0 radical (unpaired) electrons. The number of hydrazine groups is 1. The molecule has 0 unspecified atom stereocenters. The third-order valence-corrected chi connectivity index (χ3v) is 5.19. The van der Waals surface area contributed by atoms with Gasteiger partial charge in [0.15, 0.2) is 5.76 Å². The number of furan rings is 1. The minimum Gasteiger partial charge on any atom is -0.459 e. The molecular formula is C24H25N5O5. The number of amides is 4. The third-order valence-electron chi connectivity index (χ3n) is 5.19. The van der Waals surface area contributed by atoms with Gasteiger partial charge in [-0.3, -0.25) is 35.0 Å². The monoisotopic (exact) mass is 463 g/mol. The minimum absolute atomic E-state index is 0.0945. The number of anilines is 1. The first-order valence-electron chi connectivity index (χ1n) is 10.7. The molecule has 0 aliphatic rings. The maximum atomic E-state index is 13.1. The van der Waals surface area contributed by atoms with Gasteiger partial charge < -0.3 is 15.1 Å². The van der Waals surface area contributed by atoms with E-state index in [9.17, 15) is 19.2 Å². The van der Waals surface area contributed by atoms with Crippen LogP contribution in [0.5, 0.6) is 0 Å². The van der Waals surface area contributed by atoms with Crippen LogP contribution in [0.15, 0.2) is 71.6 Å². The fourth-order valence-corrected chi connectivity index (χ4v) is 3.07. The number of nitrogens with zero attached hydrogens (tertiary/aromatic N) is 1. The van der Waals surface area contributed by atoms with Crippen molar-refractivity contribution in [2.45, 2.75) is 26.3 Å². The molecule has 4 N–H and O–H groups in total. The van der Waals surface area contributed by atoms with Crippen molar-refractivity contribution < 1.29 is 23.6 Å². The van der Waals surface area contributed by atoms with E-state index in [0.29, 0.717) is 12.0 Å². The van der Waals surface area contributed by atoms with Crippen LogP contribution in [-0.2, 0) is 4.79 Å². The average molecular weight is 463 g/mol. The highest BCUT2D eigenvalue weighted by atomic mass is 16.3. The second-order valence-electron chi connectivity index (χ2n) is 7.49. The molecule has 1 aromatic carbocycles. The Bertz CT molecular complexity index is 1150. The van der Waals surface area contributed by atoms with Crippen LogP contribution in [-0.4, -0.2) is 34.7 Å². The molecule has 4 amide bonds. The van der Waals surface area contributed by atoms with Gasteiger partial charge in [-0.25, -0.2) is 0 Å². The van der Waals surface area contributed by atoms with Gasteiger partial charge in [0.05, 0.1) is 17.5 Å². The first kappa shape index (κ1) is 24.2. The molecule has 2 aromatic heterocycles. The molecule has 34 heavy (non-hydrogen) atoms. The van der Waals surface area contributed by atoms with E-state index in [1.807, 2.05) is 6.92 Å². The maximum Gasteiger partial charge on any atom is 0.291 e. The Morgan fingerprint density at radius 2 is 1.65 bits per heavy atom. The predicted molar refractivity (Wildman–Crippen MR) is 124 cm³/mol. The number of nitrogens with one attached hydrogen (secondary N) is 4. The molecule has 0 aliphatic heterocycles. The standard InChI is InChI=1S/C24H25N5O5/c1-3-15(2)20(24(33)29-28-21(30)16-10-12-25-13-11-16)27-22(31)17-7-4-5-8-18(17)26-23(32)19-9-6-14-34-19/h4-15,20H,3H2,1-2H3,(H,26,32)(H,27,31)(H,28,30)(H,29,33)/t15-,20+/m1/s1. The van der Waals surface area contributed by atoms with Gasteiger partial charge in [-0.2, -0.15) is 0 Å². The van der Waals surface area contributed by atoms with Gasteiger partial charge in [-0.05, 0) is 42.3 Å². The van der Waals surface area contributed by atoms with Crippen molar-refractivity contribution in [3.63, 3.8) is 0 Å². The molecule has 0 fully saturated rings. The Kier molecular flexibility index (Phi) is 8.11. The van der Waals surface area contributed by atoms with Gasteiger partial charge >= 0.3 is 0 Å². The fraction of sp³-hybridized carbons (Fsp3) is 0.208. The quantitative estimate of drug-likeness (QED) is 0.378. The zero-order valence-corrected chi connectivity index (χ0v) is 18.7. The van der Waals surface area contributed by atoms with Crippen LogP contribution in [0.2, 0.25) is 0 Å². The number of carbonyl (C=O) groups excluding carboxylic acids is 4. The number of hydrogen-bond acceptors (Lipinski definition) is 6. The molecule has 3 rings (SSSR count). The van der Waals surface area contributed by atoms with Crippen molar-refractivity contribution >= 4 is 29.3 Å². The molecule has 0 bridgehead atoms. The van der Waals surface area contributed by atoms with E-state index < -0.39 is 29.7 Å². The number of pyridine rings is 1. The van der Waals surface area contributed by atoms with Crippen molar-refractivity contribution in [1.29, 1.82) is 0 Å². The van der Waals surface area contributed by atoms with Crippen molar-refractivity contribution in [1.82, 2.24) is 21.2 Å². The lowest BCUT2D eigenvalue weighted by Gasteiger charge is -2.24. The zero-order valence-electron chi connectivity index (χ0n) is 18.7. The number of hydrogen-bond donors (Lipinski definition) is 4. The Balaban J connectivity index is 1.70. The fourth-order valence-electron chi connectivity index (χ4n) is 3.07. The van der Waals surface area contributed by atoms with E-state index in [1.54, 1.807) is 31.2 Å². The first-order chi connectivity index (χ1) is 16.4. The Morgan fingerprint density at radius 1 is 0.912 bits per heavy atom. The van der Waals surface area contributed by atoms with E-state index in [-0.39, 0.29) is 22.9 Å². The Hall–Kier alpha value is -4.47. The minimum atomic E-state index is -0.941. The van der Waals surface area contributed by atoms with Gasteiger partial charge in [-0.1, -0.05) is 32.4 Å². The highest BCUT2D eigenvalue weighted by molar-refractivity contribution is 6.08. The Labute approximate surface area is 196 Å². The molecule has 2 heterocycles. The maximum absolute atomic E-state index is 13.1. The third kappa shape index (κ3) is 6.06. The summed E-state index contributed by atoms with van der Waals surface area (Å²) in [4.78, 5) is 54.3. The summed E-state index contributed by atoms with van der Waals surface area (Å²) in [6, 6.07) is 11.6. The molecule has 2 atom stereocenters. The summed E-state index contributed by atoms with van der Waals surface area (Å²) in [5.41, 5.74) is 5.45. The highest BCUT2D eigenvalue weighted by Gasteiger charge is 2.28. The molecule has 176 valence electrons. The zero-order chi connectivity index (χ0) is 24.5.